The van der Waals surface area contributed by atoms with Crippen LogP contribution in [-0.4, -0.2) is 29.5 Å². The van der Waals surface area contributed by atoms with Crippen molar-refractivity contribution in [2.24, 2.45) is 0 Å². The van der Waals surface area contributed by atoms with Crippen LogP contribution in [0.25, 0.3) is 116 Å². The second-order valence-electron chi connectivity index (χ2n) is 14.9. The summed E-state index contributed by atoms with van der Waals surface area (Å²) in [5.41, 5.74) is 11.7. The van der Waals surface area contributed by atoms with Crippen molar-refractivity contribution in [3.05, 3.63) is 195 Å². The van der Waals surface area contributed by atoms with Crippen molar-refractivity contribution in [3.63, 3.8) is 0 Å². The van der Waals surface area contributed by atoms with Crippen molar-refractivity contribution in [3.8, 4) is 50.8 Å². The van der Waals surface area contributed by atoms with Crippen molar-refractivity contribution in [1.82, 2.24) is 29.5 Å². The van der Waals surface area contributed by atoms with Gasteiger partial charge in [-0.15, -0.1) is 0 Å². The highest BCUT2D eigenvalue weighted by Crippen LogP contribution is 2.43. The van der Waals surface area contributed by atoms with E-state index in [1.165, 1.54) is 0 Å². The first-order valence-electron chi connectivity index (χ1n) is 19.7. The molecule has 12 rings (SSSR count). The molecular formula is C53H32N6. The molecular weight excluding hydrogens is 721 g/mol. The van der Waals surface area contributed by atoms with Crippen LogP contribution in [0.5, 0.6) is 0 Å². The van der Waals surface area contributed by atoms with E-state index in [9.17, 15) is 0 Å². The summed E-state index contributed by atoms with van der Waals surface area (Å²) in [5, 5.41) is 8.93. The Kier molecular flexibility index (Phi) is 7.43. The van der Waals surface area contributed by atoms with Crippen LogP contribution in [-0.2, 0) is 0 Å². The summed E-state index contributed by atoms with van der Waals surface area (Å²) in [6.07, 6.45) is 5.77. The van der Waals surface area contributed by atoms with Crippen LogP contribution in [0.15, 0.2) is 195 Å². The van der Waals surface area contributed by atoms with Crippen molar-refractivity contribution in [2.75, 3.05) is 0 Å². The first-order valence-corrected chi connectivity index (χ1v) is 19.7. The Balaban J connectivity index is 1.05. The maximum absolute atomic E-state index is 5.09. The number of hydrogen-bond donors (Lipinski definition) is 0. The molecule has 59 heavy (non-hydrogen) atoms. The Labute approximate surface area is 338 Å². The molecule has 6 nitrogen and oxygen atoms in total. The average molecular weight is 753 g/mol. The van der Waals surface area contributed by atoms with Gasteiger partial charge in [0.1, 0.15) is 5.82 Å². The highest BCUT2D eigenvalue weighted by molar-refractivity contribution is 6.22. The van der Waals surface area contributed by atoms with Crippen molar-refractivity contribution >= 4 is 65.2 Å². The molecule has 0 aliphatic heterocycles. The molecule has 0 radical (unpaired) electrons. The van der Waals surface area contributed by atoms with Gasteiger partial charge in [-0.1, -0.05) is 103 Å². The lowest BCUT2D eigenvalue weighted by molar-refractivity contribution is 1.10. The molecule has 0 aliphatic carbocycles. The lowest BCUT2D eigenvalue weighted by atomic mass is 9.97. The van der Waals surface area contributed by atoms with Crippen LogP contribution in [0.1, 0.15) is 0 Å². The van der Waals surface area contributed by atoms with Gasteiger partial charge in [0, 0.05) is 73.2 Å². The minimum Gasteiger partial charge on any atom is -0.293 e. The Bertz CT molecular complexity index is 3600. The van der Waals surface area contributed by atoms with Gasteiger partial charge in [0.2, 0.25) is 0 Å². The summed E-state index contributed by atoms with van der Waals surface area (Å²) in [6.45, 7) is 0. The lowest BCUT2D eigenvalue weighted by Gasteiger charge is -2.13. The van der Waals surface area contributed by atoms with E-state index < -0.39 is 0 Å². The second kappa shape index (κ2) is 13.3. The van der Waals surface area contributed by atoms with Gasteiger partial charge in [0.15, 0.2) is 0 Å². The summed E-state index contributed by atoms with van der Waals surface area (Å²) in [6, 6.07) is 61.3. The monoisotopic (exact) mass is 752 g/mol. The number of rotatable bonds is 5. The summed E-state index contributed by atoms with van der Waals surface area (Å²) in [7, 11) is 0. The number of para-hydroxylation sites is 2. The normalized spacial score (nSPS) is 11.7. The Morgan fingerprint density at radius 2 is 0.932 bits per heavy atom. The van der Waals surface area contributed by atoms with Gasteiger partial charge >= 0.3 is 0 Å². The zero-order valence-corrected chi connectivity index (χ0v) is 31.7. The third kappa shape index (κ3) is 5.46. The molecule has 0 unspecified atom stereocenters. The molecule has 6 heterocycles. The van der Waals surface area contributed by atoms with E-state index in [0.717, 1.165) is 116 Å². The quantitative estimate of drug-likeness (QED) is 0.175. The average Bonchev–Trinajstić information content (AvgIpc) is 3.64. The Morgan fingerprint density at radius 1 is 0.356 bits per heavy atom. The van der Waals surface area contributed by atoms with Crippen molar-refractivity contribution < 1.29 is 0 Å². The third-order valence-electron chi connectivity index (χ3n) is 11.5. The minimum atomic E-state index is 0.890. The topological polar surface area (TPSA) is 69.4 Å². The first kappa shape index (κ1) is 33.1. The van der Waals surface area contributed by atoms with Crippen LogP contribution >= 0.6 is 0 Å². The lowest BCUT2D eigenvalue weighted by Crippen LogP contribution is -1.99. The summed E-state index contributed by atoms with van der Waals surface area (Å²) in [4.78, 5) is 25.0. The van der Waals surface area contributed by atoms with Crippen LogP contribution < -0.4 is 0 Å². The molecule has 6 aromatic carbocycles. The number of pyridine rings is 5. The first-order chi connectivity index (χ1) is 29.2. The van der Waals surface area contributed by atoms with Crippen LogP contribution in [0, 0.1) is 0 Å². The molecule has 0 amide bonds. The molecule has 0 spiro atoms. The molecule has 0 N–H and O–H groups in total. The maximum Gasteiger partial charge on any atom is 0.145 e. The molecule has 0 saturated heterocycles. The molecule has 0 bridgehead atoms. The van der Waals surface area contributed by atoms with Gasteiger partial charge in [-0.3, -0.25) is 14.5 Å². The van der Waals surface area contributed by atoms with Gasteiger partial charge in [0.05, 0.1) is 44.8 Å². The molecule has 0 atom stereocenters. The van der Waals surface area contributed by atoms with Gasteiger partial charge in [0.25, 0.3) is 0 Å². The smallest absolute Gasteiger partial charge is 0.145 e. The third-order valence-corrected chi connectivity index (χ3v) is 11.5. The van der Waals surface area contributed by atoms with Crippen LogP contribution in [0.2, 0.25) is 0 Å². The highest BCUT2D eigenvalue weighted by atomic mass is 15.1. The maximum atomic E-state index is 5.09. The molecule has 12 aromatic rings. The van der Waals surface area contributed by atoms with E-state index in [2.05, 4.69) is 144 Å². The molecule has 6 heteroatoms. The highest BCUT2D eigenvalue weighted by Gasteiger charge is 2.21. The van der Waals surface area contributed by atoms with E-state index in [-0.39, 0.29) is 0 Å². The fourth-order valence-electron chi connectivity index (χ4n) is 8.62. The summed E-state index contributed by atoms with van der Waals surface area (Å²) < 4.78 is 2.34. The van der Waals surface area contributed by atoms with E-state index >= 15 is 0 Å². The van der Waals surface area contributed by atoms with Crippen LogP contribution in [0.4, 0.5) is 0 Å². The standard InChI is InChI=1S/C53H32N6/c1-4-12-39-33(9-1)27-28-54-53(39)59-51-26-21-36(45-22-19-37(31-55-45)48-23-17-34-10-2-7-15-46(34)57-48)29-43(51)44-30-42(40-13-5-6-14-41(40)52(44)59)50-25-20-38(32-56-50)49-24-18-35-11-3-8-16-47(35)58-49/h1-32H. The van der Waals surface area contributed by atoms with E-state index in [1.54, 1.807) is 0 Å². The summed E-state index contributed by atoms with van der Waals surface area (Å²) in [5.74, 6) is 0.893. The van der Waals surface area contributed by atoms with Gasteiger partial charge in [-0.25, -0.2) is 15.0 Å². The number of hydrogen-bond acceptors (Lipinski definition) is 5. The van der Waals surface area contributed by atoms with Crippen LogP contribution in [0.3, 0.4) is 0 Å². The fourth-order valence-corrected chi connectivity index (χ4v) is 8.62. The SMILES string of the molecule is c1ccc2nc(-c3ccc(-c4ccc5c(c4)c4cc(-c6ccc(-c7ccc8ccccc8n7)cn6)c6ccccc6c4n5-c4nccc5ccccc45)nc3)ccc2c1. The number of aromatic nitrogens is 6. The fraction of sp³-hybridized carbons (Fsp3) is 0. The second-order valence-corrected chi connectivity index (χ2v) is 14.9. The van der Waals surface area contributed by atoms with Gasteiger partial charge in [-0.05, 0) is 83.6 Å². The minimum absolute atomic E-state index is 0.890. The molecule has 0 aliphatic rings. The summed E-state index contributed by atoms with van der Waals surface area (Å²) >= 11 is 0. The predicted octanol–water partition coefficient (Wildman–Crippen LogP) is 13.0. The molecule has 6 aromatic heterocycles. The molecule has 0 fully saturated rings. The van der Waals surface area contributed by atoms with Crippen molar-refractivity contribution in [2.45, 2.75) is 0 Å². The zero-order valence-electron chi connectivity index (χ0n) is 31.7. The Morgan fingerprint density at radius 3 is 1.61 bits per heavy atom. The van der Waals surface area contributed by atoms with E-state index in [4.69, 9.17) is 24.9 Å². The van der Waals surface area contributed by atoms with E-state index in [0.29, 0.717) is 0 Å². The predicted molar refractivity (Wildman–Crippen MR) is 242 cm³/mol. The van der Waals surface area contributed by atoms with E-state index in [1.807, 2.05) is 55.0 Å². The molecule has 274 valence electrons. The van der Waals surface area contributed by atoms with Gasteiger partial charge in [-0.2, -0.15) is 0 Å². The number of benzene rings is 6. The molecule has 0 saturated carbocycles. The van der Waals surface area contributed by atoms with Gasteiger partial charge < -0.3 is 0 Å². The zero-order chi connectivity index (χ0) is 38.9. The number of fused-ring (bicyclic) bond motifs is 8. The Hall–Kier alpha value is -8.09. The van der Waals surface area contributed by atoms with Crippen molar-refractivity contribution in [1.29, 1.82) is 0 Å². The number of nitrogens with zero attached hydrogens (tertiary/aromatic N) is 6. The largest absolute Gasteiger partial charge is 0.293 e.